The summed E-state index contributed by atoms with van der Waals surface area (Å²) >= 11 is 0. The number of rotatable bonds is 7. The molecule has 1 saturated heterocycles. The fourth-order valence-corrected chi connectivity index (χ4v) is 2.66. The summed E-state index contributed by atoms with van der Waals surface area (Å²) in [5.74, 6) is 0.465. The molecule has 20 heavy (non-hydrogen) atoms. The van der Waals surface area contributed by atoms with E-state index in [1.54, 1.807) is 12.0 Å². The topological polar surface area (TPSA) is 58.6 Å². The number of nitrogens with zero attached hydrogens (tertiary/aromatic N) is 1. The van der Waals surface area contributed by atoms with Gasteiger partial charge in [-0.15, -0.1) is 0 Å². The summed E-state index contributed by atoms with van der Waals surface area (Å²) in [6.45, 7) is 9.25. The van der Waals surface area contributed by atoms with Crippen molar-refractivity contribution in [3.8, 4) is 0 Å². The number of nitrogens with one attached hydrogen (secondary N) is 1. The Labute approximate surface area is 122 Å². The molecule has 2 atom stereocenters. The lowest BCUT2D eigenvalue weighted by molar-refractivity contribution is -0.139. The highest BCUT2D eigenvalue weighted by Crippen LogP contribution is 2.19. The first-order valence-electron chi connectivity index (χ1n) is 7.48. The maximum Gasteiger partial charge on any atom is 0.243 e. The van der Waals surface area contributed by atoms with Gasteiger partial charge in [0.2, 0.25) is 11.8 Å². The highest BCUT2D eigenvalue weighted by Gasteiger charge is 2.35. The van der Waals surface area contributed by atoms with Crippen LogP contribution in [0.15, 0.2) is 0 Å². The number of carbonyl (C=O) groups excluding carboxylic acids is 2. The van der Waals surface area contributed by atoms with Gasteiger partial charge in [-0.3, -0.25) is 9.59 Å². The molecule has 5 nitrogen and oxygen atoms in total. The summed E-state index contributed by atoms with van der Waals surface area (Å²) in [6, 6.07) is -0.366. The Morgan fingerprint density at radius 2 is 1.95 bits per heavy atom. The predicted octanol–water partition coefficient (Wildman–Crippen LogP) is 1.42. The van der Waals surface area contributed by atoms with Gasteiger partial charge in [-0.05, 0) is 18.3 Å². The van der Waals surface area contributed by atoms with Gasteiger partial charge in [-0.1, -0.05) is 27.7 Å². The first-order chi connectivity index (χ1) is 9.38. The van der Waals surface area contributed by atoms with E-state index in [4.69, 9.17) is 4.74 Å². The van der Waals surface area contributed by atoms with Crippen LogP contribution >= 0.6 is 0 Å². The summed E-state index contributed by atoms with van der Waals surface area (Å²) < 4.78 is 5.35. The number of ether oxygens (including phenoxy) is 1. The molecule has 1 heterocycles. The molecule has 1 aliphatic rings. The number of amides is 2. The van der Waals surface area contributed by atoms with Gasteiger partial charge in [0.25, 0.3) is 0 Å². The molecule has 0 aliphatic carbocycles. The van der Waals surface area contributed by atoms with Crippen LogP contribution in [-0.4, -0.2) is 49.1 Å². The van der Waals surface area contributed by atoms with E-state index >= 15 is 0 Å². The largest absolute Gasteiger partial charge is 0.379 e. The molecule has 1 aliphatic heterocycles. The van der Waals surface area contributed by atoms with E-state index in [2.05, 4.69) is 19.2 Å². The van der Waals surface area contributed by atoms with Gasteiger partial charge in [0.05, 0.1) is 6.10 Å². The number of carbonyl (C=O) groups is 2. The molecule has 5 heteroatoms. The fourth-order valence-electron chi connectivity index (χ4n) is 2.66. The molecule has 0 saturated carbocycles. The van der Waals surface area contributed by atoms with Crippen molar-refractivity contribution in [2.24, 2.45) is 11.8 Å². The molecule has 0 aromatic carbocycles. The smallest absolute Gasteiger partial charge is 0.243 e. The second-order valence-corrected chi connectivity index (χ2v) is 6.14. The summed E-state index contributed by atoms with van der Waals surface area (Å²) in [4.78, 5) is 26.0. The maximum atomic E-state index is 12.4. The summed E-state index contributed by atoms with van der Waals surface area (Å²) in [5.41, 5.74) is 0. The van der Waals surface area contributed by atoms with Gasteiger partial charge < -0.3 is 15.0 Å². The van der Waals surface area contributed by atoms with Gasteiger partial charge in [0, 0.05) is 26.6 Å². The Morgan fingerprint density at radius 3 is 2.35 bits per heavy atom. The van der Waals surface area contributed by atoms with Crippen LogP contribution in [0, 0.1) is 11.8 Å². The third-order valence-corrected chi connectivity index (χ3v) is 3.87. The van der Waals surface area contributed by atoms with E-state index in [1.807, 2.05) is 13.8 Å². The number of hydrogen-bond donors (Lipinski definition) is 1. The van der Waals surface area contributed by atoms with Crippen LogP contribution in [0.2, 0.25) is 0 Å². The lowest BCUT2D eigenvalue weighted by Gasteiger charge is -2.30. The molecule has 0 spiro atoms. The normalized spacial score (nSPS) is 18.8. The summed E-state index contributed by atoms with van der Waals surface area (Å²) in [6.07, 6.45) is 1.41. The molecular formula is C15H28N2O3. The minimum absolute atomic E-state index is 0.000965. The first kappa shape index (κ1) is 17.0. The summed E-state index contributed by atoms with van der Waals surface area (Å²) in [7, 11) is 1.65. The molecule has 0 aromatic rings. The van der Waals surface area contributed by atoms with Crippen LogP contribution in [-0.2, 0) is 14.3 Å². The monoisotopic (exact) mass is 284 g/mol. The lowest BCUT2D eigenvalue weighted by Crippen LogP contribution is -2.52. The van der Waals surface area contributed by atoms with Crippen molar-refractivity contribution in [1.82, 2.24) is 10.2 Å². The minimum atomic E-state index is -0.366. The zero-order valence-corrected chi connectivity index (χ0v) is 13.3. The van der Waals surface area contributed by atoms with Crippen LogP contribution in [0.1, 0.15) is 40.5 Å². The lowest BCUT2D eigenvalue weighted by atomic mass is 10.0. The molecule has 0 aromatic heterocycles. The van der Waals surface area contributed by atoms with E-state index in [-0.39, 0.29) is 29.9 Å². The third kappa shape index (κ3) is 4.20. The van der Waals surface area contributed by atoms with E-state index in [0.717, 1.165) is 6.42 Å². The number of likely N-dealkylation sites (tertiary alicyclic amines) is 1. The van der Waals surface area contributed by atoms with E-state index in [0.29, 0.717) is 25.4 Å². The van der Waals surface area contributed by atoms with Gasteiger partial charge in [-0.25, -0.2) is 0 Å². The molecule has 0 radical (unpaired) electrons. The van der Waals surface area contributed by atoms with Crippen molar-refractivity contribution < 1.29 is 14.3 Å². The fraction of sp³-hybridized carbons (Fsp3) is 0.867. The van der Waals surface area contributed by atoms with Gasteiger partial charge in [0.1, 0.15) is 6.04 Å². The van der Waals surface area contributed by atoms with E-state index in [1.165, 1.54) is 0 Å². The Kier molecular flexibility index (Phi) is 6.46. The average Bonchev–Trinajstić information content (AvgIpc) is 2.76. The molecule has 0 bridgehead atoms. The van der Waals surface area contributed by atoms with Crippen molar-refractivity contribution in [1.29, 1.82) is 0 Å². The van der Waals surface area contributed by atoms with Crippen LogP contribution in [0.5, 0.6) is 0 Å². The zero-order valence-electron chi connectivity index (χ0n) is 13.3. The SMILES string of the molecule is CO[C@H](CNC(=O)[C@@H](C(C)C)N1CCCC1=O)C(C)C. The first-order valence-corrected chi connectivity index (χ1v) is 7.48. The molecule has 1 fully saturated rings. The quantitative estimate of drug-likeness (QED) is 0.769. The predicted molar refractivity (Wildman–Crippen MR) is 78.2 cm³/mol. The average molecular weight is 284 g/mol. The Balaban J connectivity index is 2.63. The van der Waals surface area contributed by atoms with Crippen molar-refractivity contribution in [2.75, 3.05) is 20.2 Å². The van der Waals surface area contributed by atoms with Crippen molar-refractivity contribution in [3.05, 3.63) is 0 Å². The maximum absolute atomic E-state index is 12.4. The van der Waals surface area contributed by atoms with Crippen LogP contribution in [0.25, 0.3) is 0 Å². The molecule has 2 amide bonds. The third-order valence-electron chi connectivity index (χ3n) is 3.87. The standard InChI is InChI=1S/C15H28N2O3/c1-10(2)12(20-5)9-16-15(19)14(11(3)4)17-8-6-7-13(17)18/h10-12,14H,6-9H2,1-5H3,(H,16,19)/t12-,14-/m1/s1. The van der Waals surface area contributed by atoms with Crippen molar-refractivity contribution in [2.45, 2.75) is 52.7 Å². The molecule has 1 rings (SSSR count). The van der Waals surface area contributed by atoms with E-state index in [9.17, 15) is 9.59 Å². The second-order valence-electron chi connectivity index (χ2n) is 6.14. The van der Waals surface area contributed by atoms with Gasteiger partial charge >= 0.3 is 0 Å². The van der Waals surface area contributed by atoms with Gasteiger partial charge in [-0.2, -0.15) is 0 Å². The highest BCUT2D eigenvalue weighted by molar-refractivity contribution is 5.88. The Bertz CT molecular complexity index is 342. The van der Waals surface area contributed by atoms with Crippen LogP contribution < -0.4 is 5.32 Å². The molecule has 0 unspecified atom stereocenters. The van der Waals surface area contributed by atoms with Crippen molar-refractivity contribution >= 4 is 11.8 Å². The van der Waals surface area contributed by atoms with Crippen molar-refractivity contribution in [3.63, 3.8) is 0 Å². The zero-order chi connectivity index (χ0) is 15.3. The summed E-state index contributed by atoms with van der Waals surface area (Å²) in [5, 5.41) is 2.94. The molecule has 116 valence electrons. The van der Waals surface area contributed by atoms with Crippen LogP contribution in [0.4, 0.5) is 0 Å². The number of methoxy groups -OCH3 is 1. The second kappa shape index (κ2) is 7.62. The molecule has 1 N–H and O–H groups in total. The Hall–Kier alpha value is -1.10. The molecular weight excluding hydrogens is 256 g/mol. The van der Waals surface area contributed by atoms with Gasteiger partial charge in [0.15, 0.2) is 0 Å². The Morgan fingerprint density at radius 1 is 1.30 bits per heavy atom. The minimum Gasteiger partial charge on any atom is -0.379 e. The number of hydrogen-bond acceptors (Lipinski definition) is 3. The van der Waals surface area contributed by atoms with Crippen LogP contribution in [0.3, 0.4) is 0 Å². The highest BCUT2D eigenvalue weighted by atomic mass is 16.5. The van der Waals surface area contributed by atoms with E-state index < -0.39 is 0 Å².